The normalized spacial score (nSPS) is 9.90. The number of nitrogens with zero attached hydrogens (tertiary/aromatic N) is 1. The number of carboxylic acid groups (broad SMARTS) is 1. The second kappa shape index (κ2) is 7.04. The Morgan fingerprint density at radius 1 is 1.14 bits per heavy atom. The van der Waals surface area contributed by atoms with Crippen molar-refractivity contribution in [2.24, 2.45) is 0 Å². The molecule has 0 saturated carbocycles. The Bertz CT molecular complexity index is 629. The fourth-order valence-corrected chi connectivity index (χ4v) is 1.65. The van der Waals surface area contributed by atoms with Gasteiger partial charge < -0.3 is 15.2 Å². The Labute approximate surface area is 121 Å². The maximum Gasteiger partial charge on any atom is 0.339 e. The summed E-state index contributed by atoms with van der Waals surface area (Å²) < 4.78 is 5.39. The van der Waals surface area contributed by atoms with Gasteiger partial charge in [-0.15, -0.1) is 0 Å². The van der Waals surface area contributed by atoms with Crippen molar-refractivity contribution < 1.29 is 19.4 Å². The van der Waals surface area contributed by atoms with Crippen LogP contribution in [0.5, 0.6) is 5.75 Å². The van der Waals surface area contributed by atoms with Crippen molar-refractivity contribution in [1.82, 2.24) is 4.98 Å². The van der Waals surface area contributed by atoms with E-state index in [1.807, 2.05) is 18.2 Å². The number of rotatable bonds is 6. The zero-order valence-electron chi connectivity index (χ0n) is 11.2. The van der Waals surface area contributed by atoms with E-state index < -0.39 is 5.97 Å². The third-order valence-corrected chi connectivity index (χ3v) is 2.64. The Hall–Kier alpha value is -2.89. The predicted octanol–water partition coefficient (Wildman–Crippen LogP) is 2.19. The molecular weight excluding hydrogens is 272 g/mol. The highest BCUT2D eigenvalue weighted by atomic mass is 16.5. The van der Waals surface area contributed by atoms with Gasteiger partial charge >= 0.3 is 5.97 Å². The molecule has 0 bridgehead atoms. The summed E-state index contributed by atoms with van der Waals surface area (Å²) in [4.78, 5) is 26.6. The molecule has 0 aliphatic carbocycles. The SMILES string of the molecule is O=C(CCOc1ccccc1)Nc1ncccc1C(=O)O. The highest BCUT2D eigenvalue weighted by Gasteiger charge is 2.13. The number of hydrogen-bond acceptors (Lipinski definition) is 4. The first-order chi connectivity index (χ1) is 10.2. The maximum atomic E-state index is 11.8. The van der Waals surface area contributed by atoms with E-state index in [9.17, 15) is 9.59 Å². The smallest absolute Gasteiger partial charge is 0.339 e. The van der Waals surface area contributed by atoms with E-state index >= 15 is 0 Å². The minimum absolute atomic E-state index is 0.0368. The maximum absolute atomic E-state index is 11.8. The highest BCUT2D eigenvalue weighted by Crippen LogP contribution is 2.12. The van der Waals surface area contributed by atoms with Crippen LogP contribution in [0.1, 0.15) is 16.8 Å². The lowest BCUT2D eigenvalue weighted by atomic mass is 10.2. The zero-order chi connectivity index (χ0) is 15.1. The molecule has 0 fully saturated rings. The van der Waals surface area contributed by atoms with Crippen molar-refractivity contribution in [3.05, 3.63) is 54.2 Å². The summed E-state index contributed by atoms with van der Waals surface area (Å²) in [6, 6.07) is 12.0. The van der Waals surface area contributed by atoms with Gasteiger partial charge in [0.05, 0.1) is 13.0 Å². The van der Waals surface area contributed by atoms with E-state index in [2.05, 4.69) is 10.3 Å². The third-order valence-electron chi connectivity index (χ3n) is 2.64. The first-order valence-corrected chi connectivity index (χ1v) is 6.33. The number of ether oxygens (including phenoxy) is 1. The number of benzene rings is 1. The van der Waals surface area contributed by atoms with Gasteiger partial charge in [0.15, 0.2) is 0 Å². The van der Waals surface area contributed by atoms with Crippen LogP contribution in [0.4, 0.5) is 5.82 Å². The molecule has 108 valence electrons. The molecule has 1 aromatic carbocycles. The van der Waals surface area contributed by atoms with Crippen LogP contribution in [0.25, 0.3) is 0 Å². The predicted molar refractivity (Wildman–Crippen MR) is 76.4 cm³/mol. The topological polar surface area (TPSA) is 88.5 Å². The number of pyridine rings is 1. The highest BCUT2D eigenvalue weighted by molar-refractivity contribution is 5.99. The summed E-state index contributed by atoms with van der Waals surface area (Å²) in [7, 11) is 0. The summed E-state index contributed by atoms with van der Waals surface area (Å²) in [5.74, 6) is -0.782. The molecule has 1 heterocycles. The molecule has 0 atom stereocenters. The monoisotopic (exact) mass is 286 g/mol. The molecule has 6 heteroatoms. The largest absolute Gasteiger partial charge is 0.493 e. The van der Waals surface area contributed by atoms with Crippen molar-refractivity contribution >= 4 is 17.7 Å². The molecule has 0 aliphatic heterocycles. The van der Waals surface area contributed by atoms with E-state index in [4.69, 9.17) is 9.84 Å². The first-order valence-electron chi connectivity index (χ1n) is 6.33. The molecule has 1 amide bonds. The van der Waals surface area contributed by atoms with Crippen LogP contribution >= 0.6 is 0 Å². The molecule has 0 radical (unpaired) electrons. The molecule has 2 rings (SSSR count). The number of aromatic carboxylic acids is 1. The van der Waals surface area contributed by atoms with E-state index in [-0.39, 0.29) is 30.3 Å². The lowest BCUT2D eigenvalue weighted by molar-refractivity contribution is -0.116. The average molecular weight is 286 g/mol. The summed E-state index contributed by atoms with van der Waals surface area (Å²) in [5.41, 5.74) is -0.0465. The van der Waals surface area contributed by atoms with Crippen molar-refractivity contribution in [2.75, 3.05) is 11.9 Å². The molecule has 0 aliphatic rings. The van der Waals surface area contributed by atoms with Gasteiger partial charge in [-0.3, -0.25) is 4.79 Å². The quantitative estimate of drug-likeness (QED) is 0.849. The summed E-state index contributed by atoms with van der Waals surface area (Å²) in [6.07, 6.45) is 1.52. The number of para-hydroxylation sites is 1. The number of hydrogen-bond donors (Lipinski definition) is 2. The Balaban J connectivity index is 1.86. The van der Waals surface area contributed by atoms with E-state index in [0.717, 1.165) is 0 Å². The van der Waals surface area contributed by atoms with Gasteiger partial charge in [-0.25, -0.2) is 9.78 Å². The lowest BCUT2D eigenvalue weighted by Gasteiger charge is -2.08. The standard InChI is InChI=1S/C15H14N2O4/c18-13(8-10-21-11-5-2-1-3-6-11)17-14-12(15(19)20)7-4-9-16-14/h1-7,9H,8,10H2,(H,19,20)(H,16,17,18). The number of nitrogens with one attached hydrogen (secondary N) is 1. The van der Waals surface area contributed by atoms with Crippen LogP contribution in [0, 0.1) is 0 Å². The van der Waals surface area contributed by atoms with Gasteiger partial charge in [-0.1, -0.05) is 18.2 Å². The average Bonchev–Trinajstić information content (AvgIpc) is 2.48. The summed E-state index contributed by atoms with van der Waals surface area (Å²) >= 11 is 0. The molecule has 21 heavy (non-hydrogen) atoms. The Morgan fingerprint density at radius 2 is 1.90 bits per heavy atom. The van der Waals surface area contributed by atoms with Crippen LogP contribution < -0.4 is 10.1 Å². The summed E-state index contributed by atoms with van der Waals surface area (Å²) in [5, 5.41) is 11.5. The van der Waals surface area contributed by atoms with Gasteiger partial charge in [0.25, 0.3) is 0 Å². The molecular formula is C15H14N2O4. The minimum atomic E-state index is -1.14. The van der Waals surface area contributed by atoms with Crippen LogP contribution in [-0.4, -0.2) is 28.6 Å². The number of carboxylic acids is 1. The summed E-state index contributed by atoms with van der Waals surface area (Å²) in [6.45, 7) is 0.199. The Kier molecular flexibility index (Phi) is 4.87. The molecule has 0 saturated heterocycles. The zero-order valence-corrected chi connectivity index (χ0v) is 11.2. The second-order valence-corrected chi connectivity index (χ2v) is 4.16. The van der Waals surface area contributed by atoms with Gasteiger partial charge in [0, 0.05) is 6.20 Å². The van der Waals surface area contributed by atoms with Crippen LogP contribution in [0.15, 0.2) is 48.7 Å². The van der Waals surface area contributed by atoms with E-state index in [1.54, 1.807) is 12.1 Å². The number of amides is 1. The third kappa shape index (κ3) is 4.31. The fourth-order valence-electron chi connectivity index (χ4n) is 1.65. The van der Waals surface area contributed by atoms with E-state index in [0.29, 0.717) is 5.75 Å². The van der Waals surface area contributed by atoms with Crippen LogP contribution in [0.2, 0.25) is 0 Å². The van der Waals surface area contributed by atoms with Gasteiger partial charge in [-0.05, 0) is 24.3 Å². The van der Waals surface area contributed by atoms with E-state index in [1.165, 1.54) is 18.3 Å². The Morgan fingerprint density at radius 3 is 2.62 bits per heavy atom. The molecule has 0 spiro atoms. The second-order valence-electron chi connectivity index (χ2n) is 4.16. The molecule has 0 unspecified atom stereocenters. The van der Waals surface area contributed by atoms with Crippen molar-refractivity contribution in [1.29, 1.82) is 0 Å². The molecule has 2 aromatic rings. The number of carbonyl (C=O) groups is 2. The minimum Gasteiger partial charge on any atom is -0.493 e. The molecule has 2 N–H and O–H groups in total. The lowest BCUT2D eigenvalue weighted by Crippen LogP contribution is -2.18. The fraction of sp³-hybridized carbons (Fsp3) is 0.133. The van der Waals surface area contributed by atoms with Gasteiger partial charge in [-0.2, -0.15) is 0 Å². The number of aromatic nitrogens is 1. The number of carbonyl (C=O) groups excluding carboxylic acids is 1. The van der Waals surface area contributed by atoms with Crippen LogP contribution in [0.3, 0.4) is 0 Å². The number of anilines is 1. The molecule has 6 nitrogen and oxygen atoms in total. The van der Waals surface area contributed by atoms with Crippen molar-refractivity contribution in [3.8, 4) is 5.75 Å². The van der Waals surface area contributed by atoms with Crippen LogP contribution in [-0.2, 0) is 4.79 Å². The molecule has 1 aromatic heterocycles. The van der Waals surface area contributed by atoms with Crippen molar-refractivity contribution in [2.45, 2.75) is 6.42 Å². The van der Waals surface area contributed by atoms with Gasteiger partial charge in [0.2, 0.25) is 5.91 Å². The van der Waals surface area contributed by atoms with Gasteiger partial charge in [0.1, 0.15) is 17.1 Å². The van der Waals surface area contributed by atoms with Crippen molar-refractivity contribution in [3.63, 3.8) is 0 Å². The first kappa shape index (κ1) is 14.5.